The van der Waals surface area contributed by atoms with Gasteiger partial charge in [0, 0.05) is 0 Å². The van der Waals surface area contributed by atoms with E-state index in [1.807, 2.05) is 0 Å². The van der Waals surface area contributed by atoms with Crippen molar-refractivity contribution in [3.05, 3.63) is 0 Å². The largest absolute Gasteiger partial charge is 4.00 e. The van der Waals surface area contributed by atoms with Crippen molar-refractivity contribution in [1.82, 2.24) is 0 Å². The molecule has 2 radical (unpaired) electrons. The Hall–Kier alpha value is 5.07. The second-order valence-corrected chi connectivity index (χ2v) is 0. The van der Waals surface area contributed by atoms with Gasteiger partial charge < -0.3 is 49.3 Å². The van der Waals surface area contributed by atoms with E-state index in [2.05, 4.69) is 0 Å². The van der Waals surface area contributed by atoms with Crippen molar-refractivity contribution >= 4 is 91.0 Å². The molecule has 0 aliphatic heterocycles. The maximum Gasteiger partial charge on any atom is 4.00 e. The zero-order chi connectivity index (χ0) is 0. The van der Waals surface area contributed by atoms with Crippen LogP contribution in [-0.4, -0.2) is 91.0 Å². The maximum absolute atomic E-state index is 0. The standard InChI is InChI=1S/2Fe.9O.2Sr.2Ti/q2*+3;9*-2;2*+2;2*+4. The zero-order valence-electron chi connectivity index (χ0n) is 6.80. The molecule has 0 fully saturated rings. The molecule has 0 N–H and O–H groups in total. The van der Waals surface area contributed by atoms with Crippen LogP contribution < -0.4 is 0 Å². The molecule has 0 aliphatic carbocycles. The molecule has 0 unspecified atom stereocenters. The third kappa shape index (κ3) is 216. The molecule has 0 bridgehead atoms. The zero-order valence-corrected chi connectivity index (χ0v) is 19.1. The van der Waals surface area contributed by atoms with Crippen LogP contribution in [0.2, 0.25) is 0 Å². The van der Waals surface area contributed by atoms with Gasteiger partial charge in [0.1, 0.15) is 0 Å². The molecule has 82 valence electrons. The molecular weight excluding hydrogens is 527 g/mol. The maximum atomic E-state index is 0. The summed E-state index contributed by atoms with van der Waals surface area (Å²) in [5.74, 6) is 0. The summed E-state index contributed by atoms with van der Waals surface area (Å²) in [5.41, 5.74) is 0. The second-order valence-electron chi connectivity index (χ2n) is 0. The van der Waals surface area contributed by atoms with Crippen LogP contribution in [0, 0.1) is 0 Å². The van der Waals surface area contributed by atoms with Crippen molar-refractivity contribution in [3.8, 4) is 0 Å². The van der Waals surface area contributed by atoms with Gasteiger partial charge in [-0.25, -0.2) is 0 Å². The number of hydrogen-bond donors (Lipinski definition) is 0. The van der Waals surface area contributed by atoms with Crippen molar-refractivity contribution in [2.24, 2.45) is 0 Å². The Morgan fingerprint density at radius 3 is 0.267 bits per heavy atom. The van der Waals surface area contributed by atoms with Gasteiger partial charge in [0.2, 0.25) is 0 Å². The van der Waals surface area contributed by atoms with Gasteiger partial charge in [0.25, 0.3) is 0 Å². The molecule has 0 aromatic heterocycles. The molecule has 0 heterocycles. The first-order valence-electron chi connectivity index (χ1n) is 0. The van der Waals surface area contributed by atoms with Crippen LogP contribution >= 0.6 is 0 Å². The molecule has 0 spiro atoms. The quantitative estimate of drug-likeness (QED) is 0.315. The van der Waals surface area contributed by atoms with Gasteiger partial charge in [-0.05, 0) is 0 Å². The summed E-state index contributed by atoms with van der Waals surface area (Å²) in [6.45, 7) is 0. The SMILES string of the molecule is [Fe+3].[Fe+3].[O-2].[O-2].[O-2].[O-2].[O-2].[O-2].[O-2].[O-2].[O-2].[Sr+2].[Sr+2].[Ti+4].[Ti+4]. The molecule has 0 saturated heterocycles. The van der Waals surface area contributed by atoms with Crippen molar-refractivity contribution in [1.29, 1.82) is 0 Å². The molecule has 0 aromatic carbocycles. The van der Waals surface area contributed by atoms with Crippen molar-refractivity contribution in [2.75, 3.05) is 0 Å². The van der Waals surface area contributed by atoms with Crippen LogP contribution in [0.25, 0.3) is 0 Å². The van der Waals surface area contributed by atoms with Crippen LogP contribution in [0.3, 0.4) is 0 Å². The minimum absolute atomic E-state index is 0. The molecule has 0 aromatic rings. The molecule has 0 aliphatic rings. The molecular formula is Fe2O9Sr2Ti2. The Morgan fingerprint density at radius 1 is 0.267 bits per heavy atom. The summed E-state index contributed by atoms with van der Waals surface area (Å²) in [4.78, 5) is 0. The predicted octanol–water partition coefficient (Wildman–Crippen LogP) is -1.84. The molecule has 9 nitrogen and oxygen atoms in total. The minimum atomic E-state index is 0. The van der Waals surface area contributed by atoms with Crippen molar-refractivity contribution in [3.63, 3.8) is 0 Å². The predicted molar refractivity (Wildman–Crippen MR) is 17.7 cm³/mol. The van der Waals surface area contributed by atoms with E-state index in [1.54, 1.807) is 0 Å². The van der Waals surface area contributed by atoms with Crippen molar-refractivity contribution in [2.45, 2.75) is 0 Å². The summed E-state index contributed by atoms with van der Waals surface area (Å²) in [5, 5.41) is 0. The normalized spacial score (nSPS) is 0. The van der Waals surface area contributed by atoms with Crippen LogP contribution in [-0.2, 0) is 127 Å². The fourth-order valence-corrected chi connectivity index (χ4v) is 0. The molecule has 15 heavy (non-hydrogen) atoms. The topological polar surface area (TPSA) is 256 Å². The van der Waals surface area contributed by atoms with E-state index in [-0.39, 0.29) is 218 Å². The van der Waals surface area contributed by atoms with E-state index in [0.717, 1.165) is 0 Å². The van der Waals surface area contributed by atoms with Crippen LogP contribution in [0.4, 0.5) is 0 Å². The van der Waals surface area contributed by atoms with Crippen LogP contribution in [0.15, 0.2) is 0 Å². The molecule has 0 amide bonds. The first kappa shape index (κ1) is 284. The van der Waals surface area contributed by atoms with Crippen LogP contribution in [0.1, 0.15) is 0 Å². The average molecular weight is 527 g/mol. The van der Waals surface area contributed by atoms with E-state index < -0.39 is 0 Å². The van der Waals surface area contributed by atoms with E-state index in [1.165, 1.54) is 0 Å². The third-order valence-corrected chi connectivity index (χ3v) is 0. The molecule has 0 rings (SSSR count). The van der Waals surface area contributed by atoms with Gasteiger partial charge in [-0.1, -0.05) is 0 Å². The Bertz CT molecular complexity index is 24.1. The van der Waals surface area contributed by atoms with Gasteiger partial charge in [-0.15, -0.1) is 0 Å². The van der Waals surface area contributed by atoms with E-state index >= 15 is 0 Å². The summed E-state index contributed by atoms with van der Waals surface area (Å²) in [6, 6.07) is 0. The first-order chi connectivity index (χ1) is 0. The van der Waals surface area contributed by atoms with Gasteiger partial charge in [-0.2, -0.15) is 0 Å². The molecule has 0 atom stereocenters. The molecule has 0 saturated carbocycles. The molecule has 15 heteroatoms. The fraction of sp³-hybridized carbons (Fsp3) is 0. The average Bonchev–Trinajstić information content (AvgIpc) is 0. The van der Waals surface area contributed by atoms with E-state index in [4.69, 9.17) is 0 Å². The fourth-order valence-electron chi connectivity index (χ4n) is 0. The Balaban J connectivity index is 0. The van der Waals surface area contributed by atoms with E-state index in [9.17, 15) is 0 Å². The Kier molecular flexibility index (Phi) is 4590. The summed E-state index contributed by atoms with van der Waals surface area (Å²) in [7, 11) is 0. The van der Waals surface area contributed by atoms with E-state index in [0.29, 0.717) is 0 Å². The van der Waals surface area contributed by atoms with Crippen LogP contribution in [0.5, 0.6) is 0 Å². The second kappa shape index (κ2) is 242. The number of rotatable bonds is 0. The summed E-state index contributed by atoms with van der Waals surface area (Å²) in [6.07, 6.45) is 0. The Morgan fingerprint density at radius 2 is 0.267 bits per heavy atom. The minimum Gasteiger partial charge on any atom is -2.00 e. The smallest absolute Gasteiger partial charge is 2.00 e. The third-order valence-electron chi connectivity index (χ3n) is 0. The summed E-state index contributed by atoms with van der Waals surface area (Å²) >= 11 is 0. The van der Waals surface area contributed by atoms with Gasteiger partial charge >= 0.3 is 169 Å². The van der Waals surface area contributed by atoms with Crippen molar-refractivity contribution < 1.29 is 127 Å². The monoisotopic (exact) mass is 528 g/mol. The van der Waals surface area contributed by atoms with Gasteiger partial charge in [-0.3, -0.25) is 0 Å². The number of hydrogen-bond acceptors (Lipinski definition) is 0. The Labute approximate surface area is 213 Å². The summed E-state index contributed by atoms with van der Waals surface area (Å²) < 4.78 is 0. The first-order valence-corrected chi connectivity index (χ1v) is 0. The van der Waals surface area contributed by atoms with Gasteiger partial charge in [0.15, 0.2) is 0 Å². The van der Waals surface area contributed by atoms with Gasteiger partial charge in [0.05, 0.1) is 0 Å².